The Morgan fingerprint density at radius 2 is 1.70 bits per heavy atom. The van der Waals surface area contributed by atoms with Crippen LogP contribution in [0, 0.1) is 0 Å². The van der Waals surface area contributed by atoms with E-state index >= 15 is 0 Å². The molecule has 0 bridgehead atoms. The minimum absolute atomic E-state index is 0.0673. The summed E-state index contributed by atoms with van der Waals surface area (Å²) in [5.74, 6) is 0.596. The fraction of sp³-hybridized carbons (Fsp3) is 0.611. The van der Waals surface area contributed by atoms with Gasteiger partial charge in [-0.3, -0.25) is 9.69 Å². The number of aromatic hydroxyl groups is 1. The summed E-state index contributed by atoms with van der Waals surface area (Å²) in [6.45, 7) is 4.30. The van der Waals surface area contributed by atoms with E-state index < -0.39 is 0 Å². The van der Waals surface area contributed by atoms with Crippen LogP contribution >= 0.6 is 0 Å². The van der Waals surface area contributed by atoms with Gasteiger partial charge in [0.2, 0.25) is 5.91 Å². The maximum atomic E-state index is 12.8. The van der Waals surface area contributed by atoms with Crippen LogP contribution in [0.25, 0.3) is 0 Å². The number of anilines is 1. The first-order valence-corrected chi connectivity index (χ1v) is 8.68. The zero-order valence-corrected chi connectivity index (χ0v) is 13.9. The summed E-state index contributed by atoms with van der Waals surface area (Å²) in [6, 6.07) is 7.37. The fourth-order valence-electron chi connectivity index (χ4n) is 3.62. The first-order valence-electron chi connectivity index (χ1n) is 8.68. The molecule has 0 saturated carbocycles. The second kappa shape index (κ2) is 7.21. The van der Waals surface area contributed by atoms with Gasteiger partial charge < -0.3 is 14.9 Å². The number of phenols is 1. The number of likely N-dealkylation sites (tertiary alicyclic amines) is 1. The number of nitrogens with zero attached hydrogens (tertiary/aromatic N) is 3. The molecule has 3 rings (SSSR count). The van der Waals surface area contributed by atoms with Crippen molar-refractivity contribution in [3.8, 4) is 5.75 Å². The van der Waals surface area contributed by atoms with Crippen LogP contribution in [0.4, 0.5) is 5.69 Å². The molecule has 2 aliphatic rings. The lowest BCUT2D eigenvalue weighted by Crippen LogP contribution is -2.54. The number of carbonyl (C=O) groups is 1. The molecule has 2 fully saturated rings. The smallest absolute Gasteiger partial charge is 0.240 e. The third kappa shape index (κ3) is 3.78. The van der Waals surface area contributed by atoms with Crippen molar-refractivity contribution in [2.24, 2.45) is 0 Å². The predicted molar refractivity (Wildman–Crippen MR) is 91.8 cm³/mol. The molecule has 0 radical (unpaired) electrons. The highest BCUT2D eigenvalue weighted by molar-refractivity contribution is 5.82. The first kappa shape index (κ1) is 16.1. The van der Waals surface area contributed by atoms with Gasteiger partial charge in [-0.1, -0.05) is 12.8 Å². The monoisotopic (exact) mass is 317 g/mol. The molecule has 1 N–H and O–H groups in total. The average molecular weight is 317 g/mol. The summed E-state index contributed by atoms with van der Waals surface area (Å²) >= 11 is 0. The van der Waals surface area contributed by atoms with Crippen molar-refractivity contribution < 1.29 is 9.90 Å². The highest BCUT2D eigenvalue weighted by atomic mass is 16.3. The maximum Gasteiger partial charge on any atom is 0.240 e. The average Bonchev–Trinajstić information content (AvgIpc) is 2.79. The Hall–Kier alpha value is -1.75. The minimum Gasteiger partial charge on any atom is -0.508 e. The van der Waals surface area contributed by atoms with E-state index in [1.165, 1.54) is 12.8 Å². The molecular formula is C18H27N3O2. The Bertz CT molecular complexity index is 524. The molecule has 2 saturated heterocycles. The lowest BCUT2D eigenvalue weighted by molar-refractivity contribution is -0.136. The Morgan fingerprint density at radius 1 is 1.00 bits per heavy atom. The van der Waals surface area contributed by atoms with Crippen LogP contribution in [0.15, 0.2) is 24.3 Å². The van der Waals surface area contributed by atoms with Crippen molar-refractivity contribution in [3.63, 3.8) is 0 Å². The topological polar surface area (TPSA) is 47.0 Å². The number of carbonyl (C=O) groups excluding carboxylic acids is 1. The van der Waals surface area contributed by atoms with Gasteiger partial charge in [0.25, 0.3) is 0 Å². The van der Waals surface area contributed by atoms with Gasteiger partial charge in [-0.2, -0.15) is 0 Å². The molecule has 0 aromatic heterocycles. The Kier molecular flexibility index (Phi) is 5.06. The Balaban J connectivity index is 1.57. The molecule has 1 aromatic carbocycles. The van der Waals surface area contributed by atoms with Crippen molar-refractivity contribution in [2.45, 2.75) is 31.7 Å². The highest BCUT2D eigenvalue weighted by Crippen LogP contribution is 2.21. The molecule has 5 nitrogen and oxygen atoms in total. The Morgan fingerprint density at radius 3 is 2.39 bits per heavy atom. The number of amides is 1. The molecule has 1 atom stereocenters. The molecule has 5 heteroatoms. The summed E-state index contributed by atoms with van der Waals surface area (Å²) in [7, 11) is 2.08. The van der Waals surface area contributed by atoms with Gasteiger partial charge in [0.05, 0.1) is 6.04 Å². The number of piperazine rings is 1. The SMILES string of the molecule is CN1CCCCCC1C(=O)N1CCN(c2ccc(O)cc2)CC1. The van der Waals surface area contributed by atoms with E-state index in [1.807, 2.05) is 17.0 Å². The number of phenolic OH excluding ortho intramolecular Hbond substituents is 1. The molecule has 1 unspecified atom stereocenters. The molecule has 1 aromatic rings. The number of hydrogen-bond donors (Lipinski definition) is 1. The Labute approximate surface area is 138 Å². The number of hydrogen-bond acceptors (Lipinski definition) is 4. The van der Waals surface area contributed by atoms with Crippen molar-refractivity contribution in [1.82, 2.24) is 9.80 Å². The van der Waals surface area contributed by atoms with Gasteiger partial charge in [-0.25, -0.2) is 0 Å². The van der Waals surface area contributed by atoms with E-state index in [0.717, 1.165) is 51.3 Å². The molecule has 126 valence electrons. The standard InChI is InChI=1S/C18H27N3O2/c1-19-10-4-2-3-5-17(19)18(23)21-13-11-20(12-14-21)15-6-8-16(22)9-7-15/h6-9,17,22H,2-5,10-14H2,1H3. The summed E-state index contributed by atoms with van der Waals surface area (Å²) in [4.78, 5) is 19.4. The molecule has 23 heavy (non-hydrogen) atoms. The van der Waals surface area contributed by atoms with E-state index in [9.17, 15) is 9.90 Å². The van der Waals surface area contributed by atoms with E-state index in [2.05, 4.69) is 16.8 Å². The van der Waals surface area contributed by atoms with Crippen molar-refractivity contribution >= 4 is 11.6 Å². The van der Waals surface area contributed by atoms with Crippen molar-refractivity contribution in [1.29, 1.82) is 0 Å². The van der Waals surface area contributed by atoms with Gasteiger partial charge in [-0.05, 0) is 50.7 Å². The lowest BCUT2D eigenvalue weighted by atomic mass is 10.1. The van der Waals surface area contributed by atoms with E-state index in [0.29, 0.717) is 11.7 Å². The number of likely N-dealkylation sites (N-methyl/N-ethyl adjacent to an activating group) is 1. The molecule has 0 spiro atoms. The van der Waals surface area contributed by atoms with Crippen LogP contribution in [0.2, 0.25) is 0 Å². The van der Waals surface area contributed by atoms with Crippen molar-refractivity contribution in [3.05, 3.63) is 24.3 Å². The molecular weight excluding hydrogens is 290 g/mol. The van der Waals surface area contributed by atoms with Crippen LogP contribution in [0.5, 0.6) is 5.75 Å². The van der Waals surface area contributed by atoms with Crippen LogP contribution in [0.1, 0.15) is 25.7 Å². The largest absolute Gasteiger partial charge is 0.508 e. The normalized spacial score (nSPS) is 23.6. The quantitative estimate of drug-likeness (QED) is 0.905. The predicted octanol–water partition coefficient (Wildman–Crippen LogP) is 1.92. The van der Waals surface area contributed by atoms with E-state index in [4.69, 9.17) is 0 Å². The molecule has 2 aliphatic heterocycles. The highest BCUT2D eigenvalue weighted by Gasteiger charge is 2.30. The zero-order valence-electron chi connectivity index (χ0n) is 13.9. The first-order chi connectivity index (χ1) is 11.1. The summed E-state index contributed by atoms with van der Waals surface area (Å²) in [5, 5.41) is 9.39. The molecule has 0 aliphatic carbocycles. The third-order valence-electron chi connectivity index (χ3n) is 5.11. The van der Waals surface area contributed by atoms with Gasteiger partial charge >= 0.3 is 0 Å². The van der Waals surface area contributed by atoms with E-state index in [1.54, 1.807) is 12.1 Å². The summed E-state index contributed by atoms with van der Waals surface area (Å²) in [6.07, 6.45) is 4.60. The van der Waals surface area contributed by atoms with Crippen LogP contribution in [0.3, 0.4) is 0 Å². The van der Waals surface area contributed by atoms with Gasteiger partial charge in [-0.15, -0.1) is 0 Å². The fourth-order valence-corrected chi connectivity index (χ4v) is 3.62. The van der Waals surface area contributed by atoms with Gasteiger partial charge in [0.1, 0.15) is 5.75 Å². The van der Waals surface area contributed by atoms with Crippen LogP contribution in [-0.4, -0.2) is 66.6 Å². The zero-order chi connectivity index (χ0) is 16.2. The third-order valence-corrected chi connectivity index (χ3v) is 5.11. The second-order valence-corrected chi connectivity index (χ2v) is 6.67. The summed E-state index contributed by atoms with van der Waals surface area (Å²) < 4.78 is 0. The maximum absolute atomic E-state index is 12.8. The lowest BCUT2D eigenvalue weighted by Gasteiger charge is -2.38. The van der Waals surface area contributed by atoms with E-state index in [-0.39, 0.29) is 6.04 Å². The van der Waals surface area contributed by atoms with Crippen LogP contribution in [-0.2, 0) is 4.79 Å². The van der Waals surface area contributed by atoms with Gasteiger partial charge in [0.15, 0.2) is 0 Å². The minimum atomic E-state index is 0.0673. The number of rotatable bonds is 2. The molecule has 2 heterocycles. The second-order valence-electron chi connectivity index (χ2n) is 6.67. The van der Waals surface area contributed by atoms with Gasteiger partial charge in [0, 0.05) is 31.9 Å². The number of benzene rings is 1. The molecule has 1 amide bonds. The summed E-state index contributed by atoms with van der Waals surface area (Å²) in [5.41, 5.74) is 1.11. The van der Waals surface area contributed by atoms with Crippen molar-refractivity contribution in [2.75, 3.05) is 44.7 Å². The van der Waals surface area contributed by atoms with Crippen LogP contribution < -0.4 is 4.90 Å².